The molecule has 3 N–H and O–H groups in total. The summed E-state index contributed by atoms with van der Waals surface area (Å²) in [4.78, 5) is 11.3. The highest BCUT2D eigenvalue weighted by molar-refractivity contribution is 5.82. The maximum Gasteiger partial charge on any atom is 0.328 e. The van der Waals surface area contributed by atoms with Gasteiger partial charge in [0, 0.05) is 12.0 Å². The molecule has 0 radical (unpaired) electrons. The van der Waals surface area contributed by atoms with Crippen LogP contribution in [0.5, 0.6) is 5.75 Å². The van der Waals surface area contributed by atoms with E-state index in [0.717, 1.165) is 6.07 Å². The molecule has 1 aliphatic rings. The number of carbonyl (C=O) groups is 1. The van der Waals surface area contributed by atoms with Gasteiger partial charge in [-0.25, -0.2) is 9.18 Å². The first-order chi connectivity index (χ1) is 7.74. The number of hydrogen-bond donors (Lipinski definition) is 2. The van der Waals surface area contributed by atoms with E-state index < -0.39 is 22.9 Å². The minimum Gasteiger partial charge on any atom is -0.487 e. The molecule has 4 nitrogen and oxygen atoms in total. The smallest absolute Gasteiger partial charge is 0.328 e. The Morgan fingerprint density at radius 2 is 2.18 bits per heavy atom. The van der Waals surface area contributed by atoms with Crippen LogP contribution in [0.3, 0.4) is 0 Å². The first kappa shape index (κ1) is 11.9. The van der Waals surface area contributed by atoms with Crippen molar-refractivity contribution < 1.29 is 19.0 Å². The molecule has 0 spiro atoms. The van der Waals surface area contributed by atoms with E-state index in [2.05, 4.69) is 0 Å². The molecular formula is C12H14FNO3. The summed E-state index contributed by atoms with van der Waals surface area (Å²) >= 11 is 0. The molecule has 1 unspecified atom stereocenters. The van der Waals surface area contributed by atoms with Crippen LogP contribution in [0.25, 0.3) is 0 Å². The Labute approximate surface area is 98.2 Å². The molecule has 1 aliphatic heterocycles. The molecule has 1 heterocycles. The van der Waals surface area contributed by atoms with E-state index in [4.69, 9.17) is 10.5 Å². The Morgan fingerprint density at radius 3 is 2.76 bits per heavy atom. The highest BCUT2D eigenvalue weighted by Gasteiger charge is 2.48. The number of hydrogen-bond acceptors (Lipinski definition) is 3. The Hall–Kier alpha value is -1.62. The number of carboxylic acid groups (broad SMARTS) is 1. The third-order valence-electron chi connectivity index (χ3n) is 2.89. The van der Waals surface area contributed by atoms with Crippen LogP contribution in [-0.2, 0) is 10.3 Å². The second-order valence-electron chi connectivity index (χ2n) is 4.96. The van der Waals surface area contributed by atoms with Gasteiger partial charge in [-0.1, -0.05) is 0 Å². The lowest BCUT2D eigenvalue weighted by molar-refractivity contribution is -0.147. The molecule has 1 aromatic rings. The SMILES string of the molecule is CC1(C)CC(N)(C(=O)O)c2cc(F)ccc2O1. The van der Waals surface area contributed by atoms with Gasteiger partial charge in [0.1, 0.15) is 22.7 Å². The van der Waals surface area contributed by atoms with Crippen LogP contribution in [0.2, 0.25) is 0 Å². The van der Waals surface area contributed by atoms with E-state index in [-0.39, 0.29) is 12.0 Å². The summed E-state index contributed by atoms with van der Waals surface area (Å²) in [6.07, 6.45) is 0.0891. The molecule has 0 amide bonds. The van der Waals surface area contributed by atoms with Crippen molar-refractivity contribution in [1.29, 1.82) is 0 Å². The third kappa shape index (κ3) is 1.86. The van der Waals surface area contributed by atoms with Crippen LogP contribution in [0, 0.1) is 5.82 Å². The first-order valence-electron chi connectivity index (χ1n) is 5.26. The van der Waals surface area contributed by atoms with E-state index in [1.807, 2.05) is 0 Å². The number of benzene rings is 1. The van der Waals surface area contributed by atoms with Crippen LogP contribution in [0.4, 0.5) is 4.39 Å². The van der Waals surface area contributed by atoms with Crippen molar-refractivity contribution in [3.8, 4) is 5.75 Å². The van der Waals surface area contributed by atoms with Gasteiger partial charge in [0.05, 0.1) is 0 Å². The standard InChI is InChI=1S/C12H14FNO3/c1-11(2)6-12(14,10(15)16)8-5-7(13)3-4-9(8)17-11/h3-5H,6,14H2,1-2H3,(H,15,16). The number of ether oxygens (including phenoxy) is 1. The summed E-state index contributed by atoms with van der Waals surface area (Å²) in [5, 5.41) is 9.26. The van der Waals surface area contributed by atoms with Gasteiger partial charge >= 0.3 is 5.97 Å². The van der Waals surface area contributed by atoms with Crippen molar-refractivity contribution in [2.75, 3.05) is 0 Å². The molecule has 0 bridgehead atoms. The topological polar surface area (TPSA) is 72.6 Å². The molecule has 92 valence electrons. The summed E-state index contributed by atoms with van der Waals surface area (Å²) in [7, 11) is 0. The Morgan fingerprint density at radius 1 is 1.53 bits per heavy atom. The van der Waals surface area contributed by atoms with Gasteiger partial charge in [-0.3, -0.25) is 0 Å². The van der Waals surface area contributed by atoms with Crippen molar-refractivity contribution in [2.24, 2.45) is 5.73 Å². The van der Waals surface area contributed by atoms with Crippen LogP contribution in [0.15, 0.2) is 18.2 Å². The summed E-state index contributed by atoms with van der Waals surface area (Å²) in [6.45, 7) is 3.51. The highest BCUT2D eigenvalue weighted by atomic mass is 19.1. The van der Waals surface area contributed by atoms with E-state index in [0.29, 0.717) is 5.75 Å². The van der Waals surface area contributed by atoms with Crippen LogP contribution in [-0.4, -0.2) is 16.7 Å². The normalized spacial score (nSPS) is 25.9. The predicted octanol–water partition coefficient (Wildman–Crippen LogP) is 1.63. The fourth-order valence-electron chi connectivity index (χ4n) is 2.23. The Balaban J connectivity index is 2.64. The number of nitrogens with two attached hydrogens (primary N) is 1. The molecule has 0 fully saturated rings. The summed E-state index contributed by atoms with van der Waals surface area (Å²) in [5.41, 5.74) is 3.79. The van der Waals surface area contributed by atoms with Crippen LogP contribution >= 0.6 is 0 Å². The Kier molecular flexibility index (Phi) is 2.39. The van der Waals surface area contributed by atoms with Gasteiger partial charge < -0.3 is 15.6 Å². The minimum absolute atomic E-state index is 0.0891. The second-order valence-corrected chi connectivity index (χ2v) is 4.96. The van der Waals surface area contributed by atoms with E-state index >= 15 is 0 Å². The van der Waals surface area contributed by atoms with E-state index in [1.165, 1.54) is 12.1 Å². The van der Waals surface area contributed by atoms with Gasteiger partial charge in [0.25, 0.3) is 0 Å². The lowest BCUT2D eigenvalue weighted by Gasteiger charge is -2.41. The highest BCUT2D eigenvalue weighted by Crippen LogP contribution is 2.42. The summed E-state index contributed by atoms with van der Waals surface area (Å²) in [6, 6.07) is 3.76. The zero-order valence-electron chi connectivity index (χ0n) is 9.66. The number of halogens is 1. The van der Waals surface area contributed by atoms with Crippen molar-refractivity contribution in [2.45, 2.75) is 31.4 Å². The average Bonchev–Trinajstić information content (AvgIpc) is 2.18. The van der Waals surface area contributed by atoms with Crippen molar-refractivity contribution >= 4 is 5.97 Å². The lowest BCUT2D eigenvalue weighted by atomic mass is 9.78. The zero-order valence-corrected chi connectivity index (χ0v) is 9.66. The quantitative estimate of drug-likeness (QED) is 0.781. The largest absolute Gasteiger partial charge is 0.487 e. The third-order valence-corrected chi connectivity index (χ3v) is 2.89. The zero-order chi connectivity index (χ0) is 12.8. The molecule has 5 heteroatoms. The molecule has 0 aromatic heterocycles. The number of rotatable bonds is 1. The Bertz CT molecular complexity index is 487. The summed E-state index contributed by atoms with van der Waals surface area (Å²) in [5.74, 6) is -1.38. The molecule has 1 aromatic carbocycles. The first-order valence-corrected chi connectivity index (χ1v) is 5.26. The number of aliphatic carboxylic acids is 1. The number of carboxylic acids is 1. The van der Waals surface area contributed by atoms with Gasteiger partial charge in [-0.15, -0.1) is 0 Å². The van der Waals surface area contributed by atoms with Gasteiger partial charge in [0.2, 0.25) is 0 Å². The van der Waals surface area contributed by atoms with E-state index in [1.54, 1.807) is 13.8 Å². The van der Waals surface area contributed by atoms with Crippen LogP contribution < -0.4 is 10.5 Å². The van der Waals surface area contributed by atoms with Crippen molar-refractivity contribution in [1.82, 2.24) is 0 Å². The average molecular weight is 239 g/mol. The molecule has 17 heavy (non-hydrogen) atoms. The summed E-state index contributed by atoms with van der Waals surface area (Å²) < 4.78 is 18.8. The fraction of sp³-hybridized carbons (Fsp3) is 0.417. The molecular weight excluding hydrogens is 225 g/mol. The fourth-order valence-corrected chi connectivity index (χ4v) is 2.23. The van der Waals surface area contributed by atoms with Gasteiger partial charge in [-0.2, -0.15) is 0 Å². The molecule has 0 saturated heterocycles. The minimum atomic E-state index is -1.61. The van der Waals surface area contributed by atoms with Gasteiger partial charge in [0.15, 0.2) is 0 Å². The molecule has 0 aliphatic carbocycles. The predicted molar refractivity (Wildman–Crippen MR) is 59.2 cm³/mol. The van der Waals surface area contributed by atoms with Crippen molar-refractivity contribution in [3.05, 3.63) is 29.6 Å². The maximum absolute atomic E-state index is 13.2. The molecule has 1 atom stereocenters. The monoisotopic (exact) mass is 239 g/mol. The molecule has 0 saturated carbocycles. The molecule has 2 rings (SSSR count). The lowest BCUT2D eigenvalue weighted by Crippen LogP contribution is -2.54. The second kappa shape index (κ2) is 3.43. The van der Waals surface area contributed by atoms with Crippen molar-refractivity contribution in [3.63, 3.8) is 0 Å². The maximum atomic E-state index is 13.2. The van der Waals surface area contributed by atoms with Crippen LogP contribution in [0.1, 0.15) is 25.8 Å². The van der Waals surface area contributed by atoms with Gasteiger partial charge in [-0.05, 0) is 32.0 Å². The number of fused-ring (bicyclic) bond motifs is 1. The van der Waals surface area contributed by atoms with E-state index in [9.17, 15) is 14.3 Å².